The van der Waals surface area contributed by atoms with E-state index in [4.69, 9.17) is 4.42 Å². The smallest absolute Gasteiger partial charge is 0.336 e. The van der Waals surface area contributed by atoms with Crippen LogP contribution in [-0.2, 0) is 0 Å². The summed E-state index contributed by atoms with van der Waals surface area (Å²) in [6.07, 6.45) is 4.96. The van der Waals surface area contributed by atoms with Crippen LogP contribution >= 0.6 is 11.3 Å². The Balaban J connectivity index is 1.70. The van der Waals surface area contributed by atoms with Crippen molar-refractivity contribution in [1.82, 2.24) is 9.97 Å². The van der Waals surface area contributed by atoms with Gasteiger partial charge in [-0.25, -0.2) is 19.2 Å². The first kappa shape index (κ1) is 16.2. The van der Waals surface area contributed by atoms with E-state index in [2.05, 4.69) is 9.97 Å². The lowest BCUT2D eigenvalue weighted by molar-refractivity contribution is 0.0699. The molecule has 0 spiro atoms. The molecule has 0 saturated carbocycles. The zero-order valence-electron chi connectivity index (χ0n) is 13.2. The lowest BCUT2D eigenvalue weighted by Gasteiger charge is -2.04. The number of pyridine rings is 1. The summed E-state index contributed by atoms with van der Waals surface area (Å²) < 4.78 is 18.8. The normalized spacial score (nSPS) is 11.4. The highest BCUT2D eigenvalue weighted by Gasteiger charge is 2.12. The number of fused-ring (bicyclic) bond motifs is 1. The summed E-state index contributed by atoms with van der Waals surface area (Å²) >= 11 is 1.43. The fourth-order valence-electron chi connectivity index (χ4n) is 2.53. The van der Waals surface area contributed by atoms with Gasteiger partial charge in [0.1, 0.15) is 5.82 Å². The van der Waals surface area contributed by atoms with Crippen molar-refractivity contribution in [3.05, 3.63) is 70.8 Å². The number of nitrogens with zero attached hydrogens (tertiary/aromatic N) is 2. The third kappa shape index (κ3) is 3.12. The predicted molar refractivity (Wildman–Crippen MR) is 97.4 cm³/mol. The van der Waals surface area contributed by atoms with Gasteiger partial charge in [0, 0.05) is 16.8 Å². The van der Waals surface area contributed by atoms with Crippen LogP contribution < -0.4 is 0 Å². The highest BCUT2D eigenvalue weighted by atomic mass is 32.1. The molecular formula is C19H11FN2O3S. The third-order valence-electron chi connectivity index (χ3n) is 3.70. The zero-order valence-corrected chi connectivity index (χ0v) is 14.0. The molecule has 0 fully saturated rings. The molecule has 0 aliphatic carbocycles. The molecule has 3 aromatic heterocycles. The Hall–Kier alpha value is -3.32. The second-order valence-electron chi connectivity index (χ2n) is 5.45. The highest BCUT2D eigenvalue weighted by molar-refractivity contribution is 7.13. The van der Waals surface area contributed by atoms with Crippen LogP contribution in [0.25, 0.3) is 33.8 Å². The number of rotatable bonds is 4. The number of carboxylic acids is 1. The molecule has 0 amide bonds. The van der Waals surface area contributed by atoms with Crippen LogP contribution in [0.5, 0.6) is 0 Å². The molecular weight excluding hydrogens is 355 g/mol. The maximum absolute atomic E-state index is 13.5. The number of carboxylic acid groups (broad SMARTS) is 1. The molecule has 3 heterocycles. The molecule has 4 rings (SSSR count). The molecule has 0 aliphatic rings. The third-order valence-corrected chi connectivity index (χ3v) is 4.58. The Bertz CT molecular complexity index is 1130. The van der Waals surface area contributed by atoms with Gasteiger partial charge in [-0.05, 0) is 42.5 Å². The molecule has 26 heavy (non-hydrogen) atoms. The van der Waals surface area contributed by atoms with Crippen LogP contribution in [0.4, 0.5) is 4.39 Å². The molecule has 0 aliphatic heterocycles. The van der Waals surface area contributed by atoms with E-state index >= 15 is 0 Å². The number of carbonyl (C=O) groups is 1. The molecule has 1 aromatic carbocycles. The molecule has 0 unspecified atom stereocenters. The van der Waals surface area contributed by atoms with Gasteiger partial charge in [0.25, 0.3) is 0 Å². The van der Waals surface area contributed by atoms with E-state index in [-0.39, 0.29) is 5.56 Å². The lowest BCUT2D eigenvalue weighted by Crippen LogP contribution is -2.00. The molecule has 0 radical (unpaired) electrons. The topological polar surface area (TPSA) is 76.2 Å². The van der Waals surface area contributed by atoms with E-state index < -0.39 is 11.8 Å². The summed E-state index contributed by atoms with van der Waals surface area (Å²) in [5.74, 6) is -0.875. The van der Waals surface area contributed by atoms with Crippen molar-refractivity contribution in [3.8, 4) is 10.8 Å². The lowest BCUT2D eigenvalue weighted by atomic mass is 10.1. The first-order valence-corrected chi connectivity index (χ1v) is 8.49. The number of thiazole rings is 1. The van der Waals surface area contributed by atoms with E-state index in [1.54, 1.807) is 24.5 Å². The Labute approximate surface area is 151 Å². The zero-order chi connectivity index (χ0) is 18.1. The van der Waals surface area contributed by atoms with E-state index in [0.717, 1.165) is 5.01 Å². The molecule has 0 saturated heterocycles. The molecule has 7 heteroatoms. The summed E-state index contributed by atoms with van der Waals surface area (Å²) in [5.41, 5.74) is 1.47. The summed E-state index contributed by atoms with van der Waals surface area (Å²) in [5, 5.41) is 12.4. The number of halogens is 1. The largest absolute Gasteiger partial charge is 0.478 e. The van der Waals surface area contributed by atoms with Gasteiger partial charge in [-0.15, -0.1) is 11.3 Å². The maximum Gasteiger partial charge on any atom is 0.336 e. The molecule has 0 atom stereocenters. The maximum atomic E-state index is 13.5. The van der Waals surface area contributed by atoms with E-state index in [1.165, 1.54) is 35.6 Å². The number of aromatic nitrogens is 2. The SMILES string of the molecule is O=C(O)c1cc(/C=C/c2csc(-c3ccco3)n2)nc2cc(F)ccc12. The average molecular weight is 366 g/mol. The van der Waals surface area contributed by atoms with Crippen LogP contribution in [0, 0.1) is 5.82 Å². The summed E-state index contributed by atoms with van der Waals surface area (Å²) in [4.78, 5) is 20.2. The number of hydrogen-bond acceptors (Lipinski definition) is 5. The fourth-order valence-corrected chi connectivity index (χ4v) is 3.29. The molecule has 0 bridgehead atoms. The number of furan rings is 1. The summed E-state index contributed by atoms with van der Waals surface area (Å²) in [6.45, 7) is 0. The minimum atomic E-state index is -1.09. The van der Waals surface area contributed by atoms with Crippen LogP contribution in [0.2, 0.25) is 0 Å². The highest BCUT2D eigenvalue weighted by Crippen LogP contribution is 2.25. The molecule has 1 N–H and O–H groups in total. The van der Waals surface area contributed by atoms with Crippen molar-refractivity contribution in [3.63, 3.8) is 0 Å². The molecule has 4 aromatic rings. The minimum Gasteiger partial charge on any atom is -0.478 e. The van der Waals surface area contributed by atoms with Crippen molar-refractivity contribution in [1.29, 1.82) is 0 Å². The standard InChI is InChI=1S/C19H11FN2O3S/c20-11-3-6-14-15(19(23)24)9-12(21-16(14)8-11)4-5-13-10-26-18(22-13)17-2-1-7-25-17/h1-10H,(H,23,24)/b5-4+. The predicted octanol–water partition coefficient (Wildman–Crippen LogP) is 4.96. The van der Waals surface area contributed by atoms with Crippen LogP contribution in [0.1, 0.15) is 21.7 Å². The second-order valence-corrected chi connectivity index (χ2v) is 6.31. The van der Waals surface area contributed by atoms with Crippen molar-refractivity contribution in [2.45, 2.75) is 0 Å². The van der Waals surface area contributed by atoms with E-state index in [9.17, 15) is 14.3 Å². The van der Waals surface area contributed by atoms with Gasteiger partial charge < -0.3 is 9.52 Å². The van der Waals surface area contributed by atoms with Gasteiger partial charge in [-0.1, -0.05) is 0 Å². The van der Waals surface area contributed by atoms with Crippen molar-refractivity contribution < 1.29 is 18.7 Å². The first-order chi connectivity index (χ1) is 12.6. The van der Waals surface area contributed by atoms with Gasteiger partial charge in [0.2, 0.25) is 0 Å². The second kappa shape index (κ2) is 6.53. The Morgan fingerprint density at radius 3 is 2.77 bits per heavy atom. The monoisotopic (exact) mass is 366 g/mol. The van der Waals surface area contributed by atoms with Gasteiger partial charge in [0.15, 0.2) is 10.8 Å². The van der Waals surface area contributed by atoms with Crippen molar-refractivity contribution in [2.24, 2.45) is 0 Å². The first-order valence-electron chi connectivity index (χ1n) is 7.61. The minimum absolute atomic E-state index is 0.0733. The van der Waals surface area contributed by atoms with Crippen molar-refractivity contribution in [2.75, 3.05) is 0 Å². The van der Waals surface area contributed by atoms with Gasteiger partial charge in [0.05, 0.1) is 28.7 Å². The van der Waals surface area contributed by atoms with Crippen LogP contribution in [0.15, 0.2) is 52.5 Å². The fraction of sp³-hybridized carbons (Fsp3) is 0. The quantitative estimate of drug-likeness (QED) is 0.552. The number of hydrogen-bond donors (Lipinski definition) is 1. The Kier molecular flexibility index (Phi) is 4.06. The Morgan fingerprint density at radius 2 is 2.00 bits per heavy atom. The average Bonchev–Trinajstić information content (AvgIpc) is 3.30. The van der Waals surface area contributed by atoms with Gasteiger partial charge in [-0.3, -0.25) is 0 Å². The Morgan fingerprint density at radius 1 is 1.15 bits per heavy atom. The van der Waals surface area contributed by atoms with Crippen molar-refractivity contribution >= 4 is 40.4 Å². The summed E-state index contributed by atoms with van der Waals surface area (Å²) in [7, 11) is 0. The van der Waals surface area contributed by atoms with Gasteiger partial charge in [-0.2, -0.15) is 0 Å². The van der Waals surface area contributed by atoms with E-state index in [1.807, 2.05) is 11.4 Å². The molecule has 128 valence electrons. The summed E-state index contributed by atoms with van der Waals surface area (Å²) in [6, 6.07) is 8.93. The van der Waals surface area contributed by atoms with Crippen LogP contribution in [-0.4, -0.2) is 21.0 Å². The van der Waals surface area contributed by atoms with Gasteiger partial charge >= 0.3 is 5.97 Å². The van der Waals surface area contributed by atoms with E-state index in [0.29, 0.717) is 28.1 Å². The molecule has 5 nitrogen and oxygen atoms in total. The number of benzene rings is 1. The number of aromatic carboxylic acids is 1. The van der Waals surface area contributed by atoms with Crippen LogP contribution in [0.3, 0.4) is 0 Å².